The molecule has 0 aliphatic carbocycles. The van der Waals surface area contributed by atoms with Crippen LogP contribution in [0, 0.1) is 0 Å². The SMILES string of the molecule is CB(O)N1CC=C(c2c(C(C)O)oc(=O)c3ccccc23)CC1. The van der Waals surface area contributed by atoms with Crippen molar-refractivity contribution < 1.29 is 14.5 Å². The standard InChI is InChI=1S/C17H20BNO4/c1-11(20)16-15(12-7-9-19(10-8-12)18(2)22)13-5-3-4-6-14(13)17(21)23-16/h3-7,11,20,22H,8-10H2,1-2H3. The summed E-state index contributed by atoms with van der Waals surface area (Å²) in [7, 11) is -0.491. The highest BCUT2D eigenvalue weighted by molar-refractivity contribution is 6.45. The molecule has 120 valence electrons. The quantitative estimate of drug-likeness (QED) is 0.848. The van der Waals surface area contributed by atoms with Crippen LogP contribution < -0.4 is 5.63 Å². The van der Waals surface area contributed by atoms with Gasteiger partial charge in [-0.2, -0.15) is 0 Å². The molecule has 1 aliphatic heterocycles. The minimum absolute atomic E-state index is 0.311. The van der Waals surface area contributed by atoms with Gasteiger partial charge in [0.15, 0.2) is 0 Å². The van der Waals surface area contributed by atoms with Gasteiger partial charge >= 0.3 is 12.7 Å². The molecule has 1 unspecified atom stereocenters. The second kappa shape index (κ2) is 6.32. The maximum atomic E-state index is 12.1. The average Bonchev–Trinajstić information content (AvgIpc) is 2.55. The Morgan fingerprint density at radius 2 is 2.00 bits per heavy atom. The van der Waals surface area contributed by atoms with Gasteiger partial charge in [0.2, 0.25) is 0 Å². The summed E-state index contributed by atoms with van der Waals surface area (Å²) in [5.74, 6) is 0.311. The summed E-state index contributed by atoms with van der Waals surface area (Å²) in [5, 5.41) is 21.1. The Kier molecular flexibility index (Phi) is 4.39. The lowest BCUT2D eigenvalue weighted by Crippen LogP contribution is -2.39. The summed E-state index contributed by atoms with van der Waals surface area (Å²) in [6, 6.07) is 7.30. The summed E-state index contributed by atoms with van der Waals surface area (Å²) in [4.78, 5) is 14.1. The number of rotatable bonds is 3. The van der Waals surface area contributed by atoms with E-state index in [0.29, 0.717) is 17.7 Å². The average molecular weight is 313 g/mol. The van der Waals surface area contributed by atoms with Crippen LogP contribution in [-0.2, 0) is 0 Å². The first-order chi connectivity index (χ1) is 11.0. The van der Waals surface area contributed by atoms with Crippen molar-refractivity contribution in [3.8, 4) is 0 Å². The molecule has 0 spiro atoms. The Morgan fingerprint density at radius 3 is 2.57 bits per heavy atom. The summed E-state index contributed by atoms with van der Waals surface area (Å²) in [6.07, 6.45) is 1.89. The Bertz CT molecular complexity index is 810. The van der Waals surface area contributed by atoms with Crippen molar-refractivity contribution in [2.75, 3.05) is 13.1 Å². The first kappa shape index (κ1) is 16.0. The van der Waals surface area contributed by atoms with Crippen LogP contribution in [0.1, 0.15) is 30.8 Å². The molecule has 1 aliphatic rings. The summed E-state index contributed by atoms with van der Waals surface area (Å²) in [6.45, 7) is 4.69. The maximum Gasteiger partial charge on any atom is 0.376 e. The van der Waals surface area contributed by atoms with Crippen LogP contribution in [0.4, 0.5) is 0 Å². The Morgan fingerprint density at radius 1 is 1.30 bits per heavy atom. The van der Waals surface area contributed by atoms with Crippen LogP contribution in [0.25, 0.3) is 16.3 Å². The van der Waals surface area contributed by atoms with E-state index in [4.69, 9.17) is 4.42 Å². The monoisotopic (exact) mass is 313 g/mol. The highest BCUT2D eigenvalue weighted by Gasteiger charge is 2.24. The highest BCUT2D eigenvalue weighted by Crippen LogP contribution is 2.33. The molecule has 3 rings (SSSR count). The van der Waals surface area contributed by atoms with E-state index < -0.39 is 18.8 Å². The third-order valence-electron chi connectivity index (χ3n) is 4.33. The van der Waals surface area contributed by atoms with Crippen LogP contribution in [0.3, 0.4) is 0 Å². The van der Waals surface area contributed by atoms with Crippen molar-refractivity contribution in [3.05, 3.63) is 52.1 Å². The fourth-order valence-electron chi connectivity index (χ4n) is 3.09. The van der Waals surface area contributed by atoms with Gasteiger partial charge in [-0.1, -0.05) is 24.3 Å². The van der Waals surface area contributed by atoms with Gasteiger partial charge in [-0.15, -0.1) is 0 Å². The number of hydrogen-bond donors (Lipinski definition) is 2. The molecule has 0 fully saturated rings. The van der Waals surface area contributed by atoms with Crippen LogP contribution in [0.15, 0.2) is 39.6 Å². The highest BCUT2D eigenvalue weighted by atomic mass is 16.4. The minimum Gasteiger partial charge on any atom is -0.437 e. The van der Waals surface area contributed by atoms with Gasteiger partial charge in [0.1, 0.15) is 11.9 Å². The topological polar surface area (TPSA) is 73.9 Å². The summed E-state index contributed by atoms with van der Waals surface area (Å²) >= 11 is 0. The van der Waals surface area contributed by atoms with E-state index in [9.17, 15) is 14.9 Å². The Labute approximate surface area is 135 Å². The van der Waals surface area contributed by atoms with E-state index in [1.807, 2.05) is 23.0 Å². The molecule has 0 saturated heterocycles. The Hall–Kier alpha value is -1.89. The van der Waals surface area contributed by atoms with E-state index in [-0.39, 0.29) is 0 Å². The van der Waals surface area contributed by atoms with Crippen molar-refractivity contribution >= 4 is 23.4 Å². The summed E-state index contributed by atoms with van der Waals surface area (Å²) in [5.41, 5.74) is 1.42. The summed E-state index contributed by atoms with van der Waals surface area (Å²) < 4.78 is 5.40. The zero-order chi connectivity index (χ0) is 16.6. The molecule has 0 radical (unpaired) electrons. The first-order valence-corrected chi connectivity index (χ1v) is 7.84. The molecular weight excluding hydrogens is 293 g/mol. The van der Waals surface area contributed by atoms with Crippen molar-refractivity contribution in [2.45, 2.75) is 26.3 Å². The van der Waals surface area contributed by atoms with Crippen LogP contribution in [0.2, 0.25) is 6.82 Å². The van der Waals surface area contributed by atoms with Gasteiger partial charge in [0, 0.05) is 12.1 Å². The van der Waals surface area contributed by atoms with Gasteiger partial charge < -0.3 is 19.4 Å². The molecule has 1 aromatic heterocycles. The fraction of sp³-hybridized carbons (Fsp3) is 0.353. The molecule has 2 N–H and O–H groups in total. The number of fused-ring (bicyclic) bond motifs is 1. The molecule has 0 saturated carbocycles. The number of benzene rings is 1. The van der Waals surface area contributed by atoms with Crippen molar-refractivity contribution in [3.63, 3.8) is 0 Å². The lowest BCUT2D eigenvalue weighted by atomic mass is 9.82. The zero-order valence-electron chi connectivity index (χ0n) is 13.3. The van der Waals surface area contributed by atoms with Crippen LogP contribution in [-0.4, -0.2) is 35.1 Å². The molecule has 6 heteroatoms. The normalized spacial score (nSPS) is 17.1. The van der Waals surface area contributed by atoms with Crippen LogP contribution >= 0.6 is 0 Å². The minimum atomic E-state index is -0.863. The van der Waals surface area contributed by atoms with E-state index in [1.165, 1.54) is 0 Å². The lowest BCUT2D eigenvalue weighted by Gasteiger charge is -2.28. The number of hydrogen-bond acceptors (Lipinski definition) is 5. The molecular formula is C17H20BNO4. The third kappa shape index (κ3) is 2.97. The van der Waals surface area contributed by atoms with E-state index in [2.05, 4.69) is 0 Å². The van der Waals surface area contributed by atoms with E-state index in [0.717, 1.165) is 29.5 Å². The van der Waals surface area contributed by atoms with Crippen molar-refractivity contribution in [2.24, 2.45) is 0 Å². The predicted molar refractivity (Wildman–Crippen MR) is 91.1 cm³/mol. The van der Waals surface area contributed by atoms with Crippen molar-refractivity contribution in [1.82, 2.24) is 4.81 Å². The van der Waals surface area contributed by atoms with E-state index in [1.54, 1.807) is 25.9 Å². The lowest BCUT2D eigenvalue weighted by molar-refractivity contribution is 0.164. The molecule has 1 atom stereocenters. The molecule has 1 aromatic carbocycles. The first-order valence-electron chi connectivity index (χ1n) is 7.84. The molecule has 2 heterocycles. The van der Waals surface area contributed by atoms with Crippen molar-refractivity contribution in [1.29, 1.82) is 0 Å². The van der Waals surface area contributed by atoms with E-state index >= 15 is 0 Å². The molecule has 2 aromatic rings. The van der Waals surface area contributed by atoms with Crippen LogP contribution in [0.5, 0.6) is 0 Å². The van der Waals surface area contributed by atoms with Gasteiger partial charge in [-0.05, 0) is 43.7 Å². The smallest absolute Gasteiger partial charge is 0.376 e. The molecule has 0 amide bonds. The number of aliphatic hydroxyl groups excluding tert-OH is 1. The molecule has 5 nitrogen and oxygen atoms in total. The Balaban J connectivity index is 2.18. The maximum absolute atomic E-state index is 12.1. The second-order valence-corrected chi connectivity index (χ2v) is 5.96. The fourth-order valence-corrected chi connectivity index (χ4v) is 3.09. The largest absolute Gasteiger partial charge is 0.437 e. The number of nitrogens with zero attached hydrogens (tertiary/aromatic N) is 1. The van der Waals surface area contributed by atoms with Gasteiger partial charge in [0.05, 0.1) is 5.39 Å². The molecule has 0 bridgehead atoms. The molecule has 23 heavy (non-hydrogen) atoms. The van der Waals surface area contributed by atoms with Gasteiger partial charge in [-0.25, -0.2) is 4.79 Å². The zero-order valence-corrected chi connectivity index (χ0v) is 13.3. The van der Waals surface area contributed by atoms with Gasteiger partial charge in [-0.3, -0.25) is 0 Å². The second-order valence-electron chi connectivity index (χ2n) is 5.96. The predicted octanol–water partition coefficient (Wildman–Crippen LogP) is 2.05. The number of aliphatic hydroxyl groups is 1. The van der Waals surface area contributed by atoms with Gasteiger partial charge in [0.25, 0.3) is 0 Å². The third-order valence-corrected chi connectivity index (χ3v) is 4.33.